The molecule has 0 radical (unpaired) electrons. The van der Waals surface area contributed by atoms with E-state index < -0.39 is 0 Å². The number of anilines is 2. The van der Waals surface area contributed by atoms with Crippen molar-refractivity contribution in [3.8, 4) is 0 Å². The molecular weight excluding hydrogens is 255 g/mol. The first-order valence-corrected chi connectivity index (χ1v) is 4.37. The molecular formula is C6H9IN4. The Morgan fingerprint density at radius 3 is 2.55 bits per heavy atom. The summed E-state index contributed by atoms with van der Waals surface area (Å²) in [5, 5.41) is 0. The van der Waals surface area contributed by atoms with Gasteiger partial charge < -0.3 is 11.5 Å². The Morgan fingerprint density at radius 1 is 1.45 bits per heavy atom. The Labute approximate surface area is 78.5 Å². The third-order valence-electron chi connectivity index (χ3n) is 1.32. The molecule has 0 aliphatic rings. The average Bonchev–Trinajstić information content (AvgIpc) is 1.94. The van der Waals surface area contributed by atoms with Crippen molar-refractivity contribution in [1.29, 1.82) is 0 Å². The fourth-order valence-corrected chi connectivity index (χ4v) is 1.24. The van der Waals surface area contributed by atoms with Gasteiger partial charge in [-0.25, -0.2) is 9.97 Å². The molecule has 4 N–H and O–H groups in total. The van der Waals surface area contributed by atoms with E-state index in [2.05, 4.69) is 32.6 Å². The first-order valence-electron chi connectivity index (χ1n) is 3.13. The smallest absolute Gasteiger partial charge is 0.150 e. The average molecular weight is 264 g/mol. The summed E-state index contributed by atoms with van der Waals surface area (Å²) in [4.78, 5) is 7.78. The SMILES string of the molecule is CC(I)c1ncnc(N)c1N. The van der Waals surface area contributed by atoms with E-state index in [-0.39, 0.29) is 3.92 Å². The van der Waals surface area contributed by atoms with Crippen molar-refractivity contribution in [1.82, 2.24) is 9.97 Å². The van der Waals surface area contributed by atoms with Gasteiger partial charge in [0.05, 0.1) is 15.3 Å². The molecule has 11 heavy (non-hydrogen) atoms. The van der Waals surface area contributed by atoms with Crippen molar-refractivity contribution < 1.29 is 0 Å². The topological polar surface area (TPSA) is 77.8 Å². The molecule has 0 aliphatic carbocycles. The Hall–Kier alpha value is -0.590. The second kappa shape index (κ2) is 3.21. The van der Waals surface area contributed by atoms with Gasteiger partial charge in [-0.2, -0.15) is 0 Å². The summed E-state index contributed by atoms with van der Waals surface area (Å²) in [6.45, 7) is 2.00. The molecule has 1 aromatic heterocycles. The van der Waals surface area contributed by atoms with Gasteiger partial charge in [0.2, 0.25) is 0 Å². The van der Waals surface area contributed by atoms with Gasteiger partial charge in [-0.15, -0.1) is 0 Å². The highest BCUT2D eigenvalue weighted by Gasteiger charge is 2.08. The molecule has 0 saturated carbocycles. The molecule has 0 fully saturated rings. The summed E-state index contributed by atoms with van der Waals surface area (Å²) in [7, 11) is 0. The van der Waals surface area contributed by atoms with Crippen LogP contribution in [-0.2, 0) is 0 Å². The van der Waals surface area contributed by atoms with E-state index in [0.29, 0.717) is 11.5 Å². The maximum atomic E-state index is 5.63. The molecule has 0 bridgehead atoms. The van der Waals surface area contributed by atoms with Gasteiger partial charge in [0.15, 0.2) is 0 Å². The minimum Gasteiger partial charge on any atom is -0.394 e. The van der Waals surface area contributed by atoms with E-state index in [4.69, 9.17) is 11.5 Å². The van der Waals surface area contributed by atoms with E-state index in [1.165, 1.54) is 6.33 Å². The highest BCUT2D eigenvalue weighted by Crippen LogP contribution is 2.27. The summed E-state index contributed by atoms with van der Waals surface area (Å²) >= 11 is 2.22. The van der Waals surface area contributed by atoms with Gasteiger partial charge in [0, 0.05) is 0 Å². The first-order chi connectivity index (χ1) is 5.13. The van der Waals surface area contributed by atoms with Crippen LogP contribution in [0.15, 0.2) is 6.33 Å². The summed E-state index contributed by atoms with van der Waals surface area (Å²) in [6, 6.07) is 0. The van der Waals surface area contributed by atoms with E-state index in [9.17, 15) is 0 Å². The summed E-state index contributed by atoms with van der Waals surface area (Å²) in [6.07, 6.45) is 1.43. The number of hydrogen-bond acceptors (Lipinski definition) is 4. The number of rotatable bonds is 1. The molecule has 4 nitrogen and oxygen atoms in total. The Bertz CT molecular complexity index is 261. The van der Waals surface area contributed by atoms with Crippen LogP contribution in [0, 0.1) is 0 Å². The quantitative estimate of drug-likeness (QED) is 0.589. The zero-order valence-corrected chi connectivity index (χ0v) is 8.24. The van der Waals surface area contributed by atoms with E-state index >= 15 is 0 Å². The zero-order valence-electron chi connectivity index (χ0n) is 6.08. The lowest BCUT2D eigenvalue weighted by Crippen LogP contribution is -2.04. The lowest BCUT2D eigenvalue weighted by molar-refractivity contribution is 1.01. The number of aromatic nitrogens is 2. The molecule has 5 heteroatoms. The monoisotopic (exact) mass is 264 g/mol. The van der Waals surface area contributed by atoms with Crippen LogP contribution in [0.25, 0.3) is 0 Å². The summed E-state index contributed by atoms with van der Waals surface area (Å²) < 4.78 is 0.262. The lowest BCUT2D eigenvalue weighted by atomic mass is 10.3. The van der Waals surface area contributed by atoms with Crippen LogP contribution in [0.3, 0.4) is 0 Å². The van der Waals surface area contributed by atoms with Gasteiger partial charge in [0.25, 0.3) is 0 Å². The predicted octanol–water partition coefficient (Wildman–Crippen LogP) is 1.14. The van der Waals surface area contributed by atoms with Gasteiger partial charge in [-0.1, -0.05) is 22.6 Å². The highest BCUT2D eigenvalue weighted by molar-refractivity contribution is 14.1. The first kappa shape index (κ1) is 8.51. The van der Waals surface area contributed by atoms with Gasteiger partial charge in [0.1, 0.15) is 12.1 Å². The molecule has 60 valence electrons. The van der Waals surface area contributed by atoms with Crippen molar-refractivity contribution in [3.05, 3.63) is 12.0 Å². The van der Waals surface area contributed by atoms with Gasteiger partial charge >= 0.3 is 0 Å². The second-order valence-corrected chi connectivity index (χ2v) is 4.04. The molecule has 1 rings (SSSR count). The molecule has 1 unspecified atom stereocenters. The normalized spacial score (nSPS) is 12.9. The van der Waals surface area contributed by atoms with Crippen LogP contribution in [0.1, 0.15) is 16.5 Å². The molecule has 0 amide bonds. The third-order valence-corrected chi connectivity index (χ3v) is 1.91. The van der Waals surface area contributed by atoms with Crippen molar-refractivity contribution in [2.24, 2.45) is 0 Å². The van der Waals surface area contributed by atoms with Crippen LogP contribution >= 0.6 is 22.6 Å². The standard InChI is InChI=1S/C6H9IN4/c1-3(7)5-4(8)6(9)11-2-10-5/h2-3H,8H2,1H3,(H2,9,10,11). The van der Waals surface area contributed by atoms with E-state index in [1.54, 1.807) is 0 Å². The Kier molecular flexibility index (Phi) is 2.48. The summed E-state index contributed by atoms with van der Waals surface area (Å²) in [5.74, 6) is 0.360. The Balaban J connectivity index is 3.17. The number of hydrogen-bond donors (Lipinski definition) is 2. The van der Waals surface area contributed by atoms with Crippen LogP contribution < -0.4 is 11.5 Å². The van der Waals surface area contributed by atoms with Crippen LogP contribution in [0.4, 0.5) is 11.5 Å². The molecule has 0 spiro atoms. The predicted molar refractivity (Wildman–Crippen MR) is 53.3 cm³/mol. The zero-order chi connectivity index (χ0) is 8.43. The fraction of sp³-hybridized carbons (Fsp3) is 0.333. The third kappa shape index (κ3) is 1.70. The number of nitrogens with two attached hydrogens (primary N) is 2. The van der Waals surface area contributed by atoms with Gasteiger partial charge in [-0.05, 0) is 6.92 Å². The van der Waals surface area contributed by atoms with Crippen LogP contribution in [0.5, 0.6) is 0 Å². The van der Waals surface area contributed by atoms with Crippen molar-refractivity contribution in [2.75, 3.05) is 11.5 Å². The number of nitrogen functional groups attached to an aromatic ring is 2. The molecule has 1 heterocycles. The number of alkyl halides is 1. The maximum Gasteiger partial charge on any atom is 0.150 e. The van der Waals surface area contributed by atoms with Gasteiger partial charge in [-0.3, -0.25) is 0 Å². The van der Waals surface area contributed by atoms with Crippen molar-refractivity contribution >= 4 is 34.1 Å². The largest absolute Gasteiger partial charge is 0.394 e. The summed E-state index contributed by atoms with van der Waals surface area (Å²) in [5.41, 5.74) is 12.4. The second-order valence-electron chi connectivity index (χ2n) is 2.17. The molecule has 0 saturated heterocycles. The fourth-order valence-electron chi connectivity index (χ4n) is 0.741. The minimum atomic E-state index is 0.262. The van der Waals surface area contributed by atoms with Crippen LogP contribution in [-0.4, -0.2) is 9.97 Å². The van der Waals surface area contributed by atoms with E-state index in [0.717, 1.165) is 5.69 Å². The molecule has 0 aromatic carbocycles. The van der Waals surface area contributed by atoms with Crippen molar-refractivity contribution in [3.63, 3.8) is 0 Å². The van der Waals surface area contributed by atoms with Crippen molar-refractivity contribution in [2.45, 2.75) is 10.8 Å². The highest BCUT2D eigenvalue weighted by atomic mass is 127. The molecule has 1 atom stereocenters. The minimum absolute atomic E-state index is 0.262. The molecule has 1 aromatic rings. The number of halogens is 1. The number of nitrogens with zero attached hydrogens (tertiary/aromatic N) is 2. The van der Waals surface area contributed by atoms with Crippen LogP contribution in [0.2, 0.25) is 0 Å². The maximum absolute atomic E-state index is 5.63. The lowest BCUT2D eigenvalue weighted by Gasteiger charge is -2.06. The van der Waals surface area contributed by atoms with E-state index in [1.807, 2.05) is 6.92 Å². The Morgan fingerprint density at radius 2 is 2.09 bits per heavy atom. The molecule has 0 aliphatic heterocycles.